The van der Waals surface area contributed by atoms with Crippen LogP contribution >= 0.6 is 0 Å². The number of benzene rings is 1. The Morgan fingerprint density at radius 2 is 1.96 bits per heavy atom. The summed E-state index contributed by atoms with van der Waals surface area (Å²) < 4.78 is 5.21. The van der Waals surface area contributed by atoms with E-state index in [4.69, 9.17) is 4.42 Å². The van der Waals surface area contributed by atoms with E-state index in [0.717, 1.165) is 36.9 Å². The Hall–Kier alpha value is -3.09. The van der Waals surface area contributed by atoms with Gasteiger partial charge >= 0.3 is 11.8 Å². The lowest BCUT2D eigenvalue weighted by Gasteiger charge is -2.29. The van der Waals surface area contributed by atoms with Crippen LogP contribution in [0.15, 0.2) is 41.0 Å². The summed E-state index contributed by atoms with van der Waals surface area (Å²) in [6.45, 7) is 0.613. The molecule has 1 aliphatic carbocycles. The van der Waals surface area contributed by atoms with Gasteiger partial charge in [0, 0.05) is 24.0 Å². The molecule has 26 heavy (non-hydrogen) atoms. The number of furan rings is 1. The molecular formula is C19H19N3O4. The minimum absolute atomic E-state index is 0.137. The Bertz CT molecular complexity index is 856. The fourth-order valence-electron chi connectivity index (χ4n) is 3.09. The molecule has 0 spiro atoms. The van der Waals surface area contributed by atoms with Gasteiger partial charge in [-0.3, -0.25) is 14.4 Å². The highest BCUT2D eigenvalue weighted by atomic mass is 16.3. The minimum Gasteiger partial charge on any atom is -0.459 e. The van der Waals surface area contributed by atoms with Crippen LogP contribution in [0, 0.1) is 0 Å². The van der Waals surface area contributed by atoms with E-state index < -0.39 is 11.8 Å². The molecule has 1 aromatic carbocycles. The predicted octanol–water partition coefficient (Wildman–Crippen LogP) is 2.09. The van der Waals surface area contributed by atoms with Crippen LogP contribution in [0.4, 0.5) is 11.4 Å². The van der Waals surface area contributed by atoms with Crippen LogP contribution in [0.3, 0.4) is 0 Å². The molecule has 0 atom stereocenters. The van der Waals surface area contributed by atoms with Crippen LogP contribution in [0.2, 0.25) is 0 Å². The maximum Gasteiger partial charge on any atom is 0.313 e. The first-order valence-corrected chi connectivity index (χ1v) is 8.72. The van der Waals surface area contributed by atoms with Crippen LogP contribution in [0.5, 0.6) is 0 Å². The predicted molar refractivity (Wildman–Crippen MR) is 94.9 cm³/mol. The maximum absolute atomic E-state index is 12.6. The molecule has 1 saturated carbocycles. The zero-order valence-corrected chi connectivity index (χ0v) is 14.2. The van der Waals surface area contributed by atoms with Gasteiger partial charge in [0.2, 0.25) is 0 Å². The van der Waals surface area contributed by atoms with E-state index in [2.05, 4.69) is 10.6 Å². The Labute approximate surface area is 150 Å². The Morgan fingerprint density at radius 1 is 1.12 bits per heavy atom. The van der Waals surface area contributed by atoms with Gasteiger partial charge in [0.15, 0.2) is 5.76 Å². The number of carbonyl (C=O) groups is 3. The van der Waals surface area contributed by atoms with Crippen molar-refractivity contribution in [2.75, 3.05) is 16.8 Å². The molecule has 1 fully saturated rings. The Balaban J connectivity index is 1.50. The highest BCUT2D eigenvalue weighted by Gasteiger charge is 2.27. The van der Waals surface area contributed by atoms with Crippen molar-refractivity contribution in [2.45, 2.75) is 31.7 Å². The molecule has 0 unspecified atom stereocenters. The molecule has 2 aliphatic rings. The van der Waals surface area contributed by atoms with E-state index in [9.17, 15) is 14.4 Å². The van der Waals surface area contributed by atoms with Crippen LogP contribution in [0.25, 0.3) is 0 Å². The van der Waals surface area contributed by atoms with E-state index >= 15 is 0 Å². The fraction of sp³-hybridized carbons (Fsp3) is 0.316. The van der Waals surface area contributed by atoms with Gasteiger partial charge in [0.05, 0.1) is 6.26 Å². The SMILES string of the molecule is O=C(Nc1ccc2c(c1)CCCN2C(=O)c1ccco1)C(=O)NC1CC1. The molecule has 0 saturated heterocycles. The second-order valence-electron chi connectivity index (χ2n) is 6.58. The highest BCUT2D eigenvalue weighted by molar-refractivity contribution is 6.39. The van der Waals surface area contributed by atoms with E-state index in [-0.39, 0.29) is 11.9 Å². The van der Waals surface area contributed by atoms with Crippen LogP contribution in [0.1, 0.15) is 35.4 Å². The molecule has 0 bridgehead atoms. The van der Waals surface area contributed by atoms with Gasteiger partial charge in [-0.2, -0.15) is 0 Å². The van der Waals surface area contributed by atoms with Crippen molar-refractivity contribution in [2.24, 2.45) is 0 Å². The third kappa shape index (κ3) is 3.33. The number of aryl methyl sites for hydroxylation is 1. The zero-order chi connectivity index (χ0) is 18.1. The lowest BCUT2D eigenvalue weighted by atomic mass is 10.0. The summed E-state index contributed by atoms with van der Waals surface area (Å²) in [4.78, 5) is 38.0. The summed E-state index contributed by atoms with van der Waals surface area (Å²) in [6.07, 6.45) is 4.95. The van der Waals surface area contributed by atoms with Gasteiger partial charge in [0.1, 0.15) is 0 Å². The van der Waals surface area contributed by atoms with Gasteiger partial charge < -0.3 is 20.0 Å². The van der Waals surface area contributed by atoms with E-state index in [1.54, 1.807) is 29.2 Å². The van der Waals surface area contributed by atoms with Crippen molar-refractivity contribution in [3.8, 4) is 0 Å². The first-order chi connectivity index (χ1) is 12.6. The van der Waals surface area contributed by atoms with Gasteiger partial charge in [0.25, 0.3) is 5.91 Å². The average molecular weight is 353 g/mol. The summed E-state index contributed by atoms with van der Waals surface area (Å²) in [6, 6.07) is 8.78. The topological polar surface area (TPSA) is 91.7 Å². The summed E-state index contributed by atoms with van der Waals surface area (Å²) >= 11 is 0. The van der Waals surface area contributed by atoms with Crippen LogP contribution in [-0.4, -0.2) is 30.3 Å². The molecule has 134 valence electrons. The standard InChI is InChI=1S/C19H19N3O4/c23-17(20-13-5-6-13)18(24)21-14-7-8-15-12(11-14)3-1-9-22(15)19(25)16-4-2-10-26-16/h2,4,7-8,10-11,13H,1,3,5-6,9H2,(H,20,23)(H,21,24). The fourth-order valence-corrected chi connectivity index (χ4v) is 3.09. The second-order valence-corrected chi connectivity index (χ2v) is 6.58. The van der Waals surface area contributed by atoms with Crippen molar-refractivity contribution in [1.29, 1.82) is 0 Å². The van der Waals surface area contributed by atoms with Crippen LogP contribution in [-0.2, 0) is 16.0 Å². The third-order valence-electron chi connectivity index (χ3n) is 4.55. The number of nitrogens with zero attached hydrogens (tertiary/aromatic N) is 1. The van der Waals surface area contributed by atoms with E-state index in [1.807, 2.05) is 6.07 Å². The van der Waals surface area contributed by atoms with Crippen molar-refractivity contribution in [1.82, 2.24) is 5.32 Å². The number of amides is 3. The summed E-state index contributed by atoms with van der Waals surface area (Å²) in [5, 5.41) is 5.28. The van der Waals surface area contributed by atoms with Gasteiger partial charge in [-0.05, 0) is 61.6 Å². The number of carbonyl (C=O) groups excluding carboxylic acids is 3. The molecule has 2 heterocycles. The second kappa shape index (κ2) is 6.67. The molecular weight excluding hydrogens is 334 g/mol. The lowest BCUT2D eigenvalue weighted by Crippen LogP contribution is -2.37. The minimum atomic E-state index is -0.670. The molecule has 3 amide bonds. The van der Waals surface area contributed by atoms with E-state index in [1.165, 1.54) is 6.26 Å². The molecule has 1 aliphatic heterocycles. The number of nitrogens with one attached hydrogen (secondary N) is 2. The van der Waals surface area contributed by atoms with Crippen LogP contribution < -0.4 is 15.5 Å². The number of hydrogen-bond acceptors (Lipinski definition) is 4. The summed E-state index contributed by atoms with van der Waals surface area (Å²) in [7, 11) is 0. The first-order valence-electron chi connectivity index (χ1n) is 8.72. The average Bonchev–Trinajstić information content (AvgIpc) is 3.29. The quantitative estimate of drug-likeness (QED) is 0.827. The number of rotatable bonds is 3. The van der Waals surface area contributed by atoms with Gasteiger partial charge in [-0.25, -0.2) is 0 Å². The van der Waals surface area contributed by atoms with Crippen molar-refractivity contribution in [3.63, 3.8) is 0 Å². The first kappa shape index (κ1) is 16.4. The number of hydrogen-bond donors (Lipinski definition) is 2. The van der Waals surface area contributed by atoms with Crippen molar-refractivity contribution < 1.29 is 18.8 Å². The Kier molecular flexibility index (Phi) is 4.20. The number of fused-ring (bicyclic) bond motifs is 1. The summed E-state index contributed by atoms with van der Waals surface area (Å²) in [5.41, 5.74) is 2.31. The monoisotopic (exact) mass is 353 g/mol. The summed E-state index contributed by atoms with van der Waals surface area (Å²) in [5.74, 6) is -1.17. The zero-order valence-electron chi connectivity index (χ0n) is 14.2. The maximum atomic E-state index is 12.6. The Morgan fingerprint density at radius 3 is 2.69 bits per heavy atom. The molecule has 7 heteroatoms. The molecule has 1 aromatic heterocycles. The molecule has 4 rings (SSSR count). The lowest BCUT2D eigenvalue weighted by molar-refractivity contribution is -0.136. The van der Waals surface area contributed by atoms with Gasteiger partial charge in [-0.1, -0.05) is 0 Å². The van der Waals surface area contributed by atoms with Gasteiger partial charge in [-0.15, -0.1) is 0 Å². The molecule has 7 nitrogen and oxygen atoms in total. The molecule has 2 N–H and O–H groups in total. The molecule has 0 radical (unpaired) electrons. The highest BCUT2D eigenvalue weighted by Crippen LogP contribution is 2.31. The normalized spacial score (nSPS) is 15.9. The third-order valence-corrected chi connectivity index (χ3v) is 4.55. The van der Waals surface area contributed by atoms with Crippen molar-refractivity contribution >= 4 is 29.1 Å². The smallest absolute Gasteiger partial charge is 0.313 e. The van der Waals surface area contributed by atoms with Crippen molar-refractivity contribution in [3.05, 3.63) is 47.9 Å². The number of anilines is 2. The largest absolute Gasteiger partial charge is 0.459 e. The molecule has 2 aromatic rings. The van der Waals surface area contributed by atoms with E-state index in [0.29, 0.717) is 18.0 Å².